The molecule has 1 aromatic carbocycles. The SMILES string of the molecule is Nc1ccc(Cl)c(C(=O)Nc2ccnc(Cl)n2)c1. The number of nitrogens with zero attached hydrogens (tertiary/aromatic N) is 2. The van der Waals surface area contributed by atoms with Gasteiger partial charge >= 0.3 is 0 Å². The van der Waals surface area contributed by atoms with Crippen LogP contribution in [0.3, 0.4) is 0 Å². The fourth-order valence-corrected chi connectivity index (χ4v) is 1.66. The Balaban J connectivity index is 2.24. The van der Waals surface area contributed by atoms with Gasteiger partial charge in [0, 0.05) is 11.9 Å². The van der Waals surface area contributed by atoms with E-state index < -0.39 is 5.91 Å². The topological polar surface area (TPSA) is 80.9 Å². The van der Waals surface area contributed by atoms with Crippen molar-refractivity contribution in [2.45, 2.75) is 0 Å². The molecule has 0 aliphatic carbocycles. The lowest BCUT2D eigenvalue weighted by Gasteiger charge is -2.06. The molecule has 92 valence electrons. The Hall–Kier alpha value is -1.85. The Morgan fingerprint density at radius 3 is 2.78 bits per heavy atom. The van der Waals surface area contributed by atoms with E-state index in [9.17, 15) is 4.79 Å². The van der Waals surface area contributed by atoms with E-state index in [-0.39, 0.29) is 10.8 Å². The van der Waals surface area contributed by atoms with Gasteiger partial charge in [0.1, 0.15) is 5.82 Å². The van der Waals surface area contributed by atoms with E-state index in [1.807, 2.05) is 0 Å². The van der Waals surface area contributed by atoms with Crippen molar-refractivity contribution in [3.05, 3.63) is 46.3 Å². The molecule has 1 heterocycles. The molecule has 0 atom stereocenters. The van der Waals surface area contributed by atoms with Gasteiger partial charge in [-0.25, -0.2) is 9.97 Å². The molecule has 7 heteroatoms. The second kappa shape index (κ2) is 5.20. The van der Waals surface area contributed by atoms with Gasteiger partial charge in [0.2, 0.25) is 5.28 Å². The Morgan fingerprint density at radius 1 is 1.28 bits per heavy atom. The van der Waals surface area contributed by atoms with Gasteiger partial charge in [0.15, 0.2) is 0 Å². The van der Waals surface area contributed by atoms with Crippen LogP contribution in [0.1, 0.15) is 10.4 Å². The number of nitrogens with one attached hydrogen (secondary N) is 1. The molecule has 0 fully saturated rings. The van der Waals surface area contributed by atoms with Gasteiger partial charge in [-0.15, -0.1) is 0 Å². The number of carbonyl (C=O) groups excluding carboxylic acids is 1. The molecule has 0 saturated heterocycles. The first-order chi connectivity index (χ1) is 8.56. The minimum Gasteiger partial charge on any atom is -0.399 e. The Kier molecular flexibility index (Phi) is 3.64. The number of benzene rings is 1. The fourth-order valence-electron chi connectivity index (χ4n) is 1.31. The summed E-state index contributed by atoms with van der Waals surface area (Å²) in [5, 5.41) is 2.91. The third-order valence-electron chi connectivity index (χ3n) is 2.10. The van der Waals surface area contributed by atoms with Crippen LogP contribution in [0.15, 0.2) is 30.5 Å². The Labute approximate surface area is 113 Å². The van der Waals surface area contributed by atoms with Crippen molar-refractivity contribution in [3.8, 4) is 0 Å². The van der Waals surface area contributed by atoms with Crippen LogP contribution in [0.4, 0.5) is 11.5 Å². The average Bonchev–Trinajstić information content (AvgIpc) is 2.32. The van der Waals surface area contributed by atoms with Gasteiger partial charge in [-0.3, -0.25) is 4.79 Å². The molecule has 3 N–H and O–H groups in total. The number of nitrogen functional groups attached to an aromatic ring is 1. The standard InChI is InChI=1S/C11H8Cl2N4O/c12-8-2-1-6(14)5-7(8)10(18)16-9-3-4-15-11(13)17-9/h1-5H,14H2,(H,15,16,17,18). The minimum absolute atomic E-state index is 0.0477. The van der Waals surface area contributed by atoms with Crippen LogP contribution in [0.5, 0.6) is 0 Å². The highest BCUT2D eigenvalue weighted by atomic mass is 35.5. The zero-order valence-electron chi connectivity index (χ0n) is 9.02. The zero-order valence-corrected chi connectivity index (χ0v) is 10.5. The number of amides is 1. The first kappa shape index (κ1) is 12.6. The normalized spacial score (nSPS) is 10.1. The third-order valence-corrected chi connectivity index (χ3v) is 2.61. The maximum absolute atomic E-state index is 11.9. The summed E-state index contributed by atoms with van der Waals surface area (Å²) in [6, 6.07) is 6.17. The monoisotopic (exact) mass is 282 g/mol. The van der Waals surface area contributed by atoms with Crippen molar-refractivity contribution in [1.29, 1.82) is 0 Å². The van der Waals surface area contributed by atoms with Crippen LogP contribution < -0.4 is 11.1 Å². The van der Waals surface area contributed by atoms with E-state index in [2.05, 4.69) is 15.3 Å². The molecular weight excluding hydrogens is 275 g/mol. The highest BCUT2D eigenvalue weighted by molar-refractivity contribution is 6.34. The number of rotatable bonds is 2. The summed E-state index contributed by atoms with van der Waals surface area (Å²) in [7, 11) is 0. The van der Waals surface area contributed by atoms with E-state index in [1.54, 1.807) is 12.1 Å². The van der Waals surface area contributed by atoms with Crippen molar-refractivity contribution in [2.24, 2.45) is 0 Å². The lowest BCUT2D eigenvalue weighted by molar-refractivity contribution is 0.102. The van der Waals surface area contributed by atoms with E-state index in [0.717, 1.165) is 0 Å². The first-order valence-corrected chi connectivity index (χ1v) is 5.67. The lowest BCUT2D eigenvalue weighted by Crippen LogP contribution is -2.14. The number of carbonyl (C=O) groups is 1. The van der Waals surface area contributed by atoms with E-state index in [1.165, 1.54) is 18.3 Å². The van der Waals surface area contributed by atoms with Crippen molar-refractivity contribution in [1.82, 2.24) is 9.97 Å². The van der Waals surface area contributed by atoms with Gasteiger partial charge in [-0.05, 0) is 35.9 Å². The van der Waals surface area contributed by atoms with Crippen molar-refractivity contribution in [2.75, 3.05) is 11.1 Å². The lowest BCUT2D eigenvalue weighted by atomic mass is 10.2. The molecule has 0 radical (unpaired) electrons. The van der Waals surface area contributed by atoms with Crippen molar-refractivity contribution in [3.63, 3.8) is 0 Å². The van der Waals surface area contributed by atoms with Gasteiger partial charge in [0.25, 0.3) is 5.91 Å². The number of anilines is 2. The molecule has 18 heavy (non-hydrogen) atoms. The summed E-state index contributed by atoms with van der Waals surface area (Å²) < 4.78 is 0. The van der Waals surface area contributed by atoms with Crippen molar-refractivity contribution < 1.29 is 4.79 Å². The fraction of sp³-hybridized carbons (Fsp3) is 0. The molecular formula is C11H8Cl2N4O. The van der Waals surface area contributed by atoms with Gasteiger partial charge < -0.3 is 11.1 Å². The van der Waals surface area contributed by atoms with Gasteiger partial charge in [-0.2, -0.15) is 0 Å². The predicted octanol–water partition coefficient (Wildman–Crippen LogP) is 2.62. The maximum Gasteiger partial charge on any atom is 0.258 e. The number of hydrogen-bond donors (Lipinski definition) is 2. The zero-order chi connectivity index (χ0) is 13.1. The number of halogens is 2. The summed E-state index contributed by atoms with van der Waals surface area (Å²) in [5.74, 6) is -0.124. The van der Waals surface area contributed by atoms with Crippen LogP contribution in [0.25, 0.3) is 0 Å². The summed E-state index contributed by atoms with van der Waals surface area (Å²) >= 11 is 11.5. The molecule has 0 bridgehead atoms. The Morgan fingerprint density at radius 2 is 2.06 bits per heavy atom. The molecule has 0 aliphatic heterocycles. The van der Waals surface area contributed by atoms with E-state index in [4.69, 9.17) is 28.9 Å². The number of aromatic nitrogens is 2. The molecule has 1 aromatic heterocycles. The molecule has 5 nitrogen and oxygen atoms in total. The van der Waals surface area contributed by atoms with E-state index in [0.29, 0.717) is 16.5 Å². The average molecular weight is 283 g/mol. The predicted molar refractivity (Wildman–Crippen MR) is 70.9 cm³/mol. The summed E-state index contributed by atoms with van der Waals surface area (Å²) in [6.07, 6.45) is 1.44. The quantitative estimate of drug-likeness (QED) is 0.655. The molecule has 0 unspecified atom stereocenters. The second-order valence-electron chi connectivity index (χ2n) is 3.40. The van der Waals surface area contributed by atoms with Gasteiger partial charge in [0.05, 0.1) is 10.6 Å². The van der Waals surface area contributed by atoms with Crippen LogP contribution in [-0.4, -0.2) is 15.9 Å². The largest absolute Gasteiger partial charge is 0.399 e. The molecule has 0 saturated carbocycles. The third kappa shape index (κ3) is 2.88. The van der Waals surface area contributed by atoms with Crippen LogP contribution in [0.2, 0.25) is 10.3 Å². The highest BCUT2D eigenvalue weighted by Crippen LogP contribution is 2.20. The maximum atomic E-state index is 11.9. The van der Waals surface area contributed by atoms with Crippen LogP contribution in [0, 0.1) is 0 Å². The molecule has 2 aromatic rings. The smallest absolute Gasteiger partial charge is 0.258 e. The minimum atomic E-state index is -0.415. The van der Waals surface area contributed by atoms with E-state index >= 15 is 0 Å². The Bertz CT molecular complexity index is 603. The van der Waals surface area contributed by atoms with Gasteiger partial charge in [-0.1, -0.05) is 11.6 Å². The molecule has 2 rings (SSSR count). The van der Waals surface area contributed by atoms with Crippen LogP contribution in [-0.2, 0) is 0 Å². The molecule has 0 aliphatic rings. The number of hydrogen-bond acceptors (Lipinski definition) is 4. The molecule has 0 spiro atoms. The summed E-state index contributed by atoms with van der Waals surface area (Å²) in [6.45, 7) is 0. The van der Waals surface area contributed by atoms with Crippen LogP contribution >= 0.6 is 23.2 Å². The summed E-state index contributed by atoms with van der Waals surface area (Å²) in [4.78, 5) is 19.5. The molecule has 1 amide bonds. The summed E-state index contributed by atoms with van der Waals surface area (Å²) in [5.41, 5.74) is 6.32. The van der Waals surface area contributed by atoms with Crippen molar-refractivity contribution >= 4 is 40.6 Å². The highest BCUT2D eigenvalue weighted by Gasteiger charge is 2.11. The number of nitrogens with two attached hydrogens (primary N) is 1. The first-order valence-electron chi connectivity index (χ1n) is 4.91. The second-order valence-corrected chi connectivity index (χ2v) is 4.15.